The van der Waals surface area contributed by atoms with Gasteiger partial charge in [-0.1, -0.05) is 0 Å². The van der Waals surface area contributed by atoms with E-state index in [0.717, 1.165) is 0 Å². The third-order valence-corrected chi connectivity index (χ3v) is 1.74. The molecule has 0 aromatic carbocycles. The van der Waals surface area contributed by atoms with Gasteiger partial charge in [0, 0.05) is 6.21 Å². The molecule has 1 atom stereocenters. The highest BCUT2D eigenvalue weighted by Crippen LogP contribution is 2.15. The van der Waals surface area contributed by atoms with Gasteiger partial charge in [0.15, 0.2) is 0 Å². The van der Waals surface area contributed by atoms with Gasteiger partial charge in [-0.3, -0.25) is 4.99 Å². The Kier molecular flexibility index (Phi) is 1.20. The van der Waals surface area contributed by atoms with Crippen LogP contribution >= 0.6 is 0 Å². The van der Waals surface area contributed by atoms with Gasteiger partial charge in [0.05, 0.1) is 6.04 Å². The van der Waals surface area contributed by atoms with Crippen LogP contribution < -0.4 is 0 Å². The van der Waals surface area contributed by atoms with E-state index in [9.17, 15) is 0 Å². The minimum atomic E-state index is 0.440. The molecule has 0 saturated heterocycles. The van der Waals surface area contributed by atoms with E-state index in [4.69, 9.17) is 0 Å². The quantitative estimate of drug-likeness (QED) is 0.449. The zero-order valence-corrected chi connectivity index (χ0v) is 5.60. The Morgan fingerprint density at radius 3 is 2.25 bits per heavy atom. The fourth-order valence-electron chi connectivity index (χ4n) is 0.767. The predicted molar refractivity (Wildman–Crippen MR) is 36.3 cm³/mol. The standard InChI is InChI=1S/C7H11N/c1-5-4-8-7(3)6(5)2/h4,7H,1-3H3. The van der Waals surface area contributed by atoms with Crippen molar-refractivity contribution in [2.24, 2.45) is 4.99 Å². The summed E-state index contributed by atoms with van der Waals surface area (Å²) in [7, 11) is 0. The summed E-state index contributed by atoms with van der Waals surface area (Å²) < 4.78 is 0. The molecule has 0 aromatic rings. The molecule has 0 saturated carbocycles. The third-order valence-electron chi connectivity index (χ3n) is 1.74. The Morgan fingerprint density at radius 1 is 1.50 bits per heavy atom. The minimum absolute atomic E-state index is 0.440. The number of hydrogen-bond acceptors (Lipinski definition) is 1. The number of aliphatic imine (C=N–C) groups is 1. The van der Waals surface area contributed by atoms with E-state index in [1.54, 1.807) is 0 Å². The first kappa shape index (κ1) is 5.54. The monoisotopic (exact) mass is 109 g/mol. The highest BCUT2D eigenvalue weighted by Gasteiger charge is 2.08. The normalized spacial score (nSPS) is 27.6. The lowest BCUT2D eigenvalue weighted by Crippen LogP contribution is -1.93. The van der Waals surface area contributed by atoms with Crippen molar-refractivity contribution in [2.75, 3.05) is 0 Å². The lowest BCUT2D eigenvalue weighted by Gasteiger charge is -1.98. The minimum Gasteiger partial charge on any atom is -0.285 e. The van der Waals surface area contributed by atoms with E-state index < -0.39 is 0 Å². The lowest BCUT2D eigenvalue weighted by molar-refractivity contribution is 0.882. The first-order chi connectivity index (χ1) is 3.72. The van der Waals surface area contributed by atoms with Crippen LogP contribution in [0, 0.1) is 0 Å². The van der Waals surface area contributed by atoms with Crippen LogP contribution in [0.4, 0.5) is 0 Å². The van der Waals surface area contributed by atoms with Gasteiger partial charge in [-0.25, -0.2) is 0 Å². The van der Waals surface area contributed by atoms with E-state index in [0.29, 0.717) is 6.04 Å². The van der Waals surface area contributed by atoms with E-state index in [2.05, 4.69) is 25.8 Å². The van der Waals surface area contributed by atoms with Crippen LogP contribution in [0.15, 0.2) is 16.1 Å². The summed E-state index contributed by atoms with van der Waals surface area (Å²) in [5.41, 5.74) is 2.74. The Labute approximate surface area is 50.1 Å². The third kappa shape index (κ3) is 0.683. The molecule has 0 fully saturated rings. The number of nitrogens with zero attached hydrogens (tertiary/aromatic N) is 1. The maximum Gasteiger partial charge on any atom is 0.0684 e. The van der Waals surface area contributed by atoms with Gasteiger partial charge < -0.3 is 0 Å². The van der Waals surface area contributed by atoms with Crippen LogP contribution in [0.2, 0.25) is 0 Å². The summed E-state index contributed by atoms with van der Waals surface area (Å²) in [4.78, 5) is 4.20. The molecular weight excluding hydrogens is 98.1 g/mol. The maximum atomic E-state index is 4.20. The molecule has 0 radical (unpaired) electrons. The van der Waals surface area contributed by atoms with Gasteiger partial charge in [-0.15, -0.1) is 0 Å². The molecule has 0 N–H and O–H groups in total. The van der Waals surface area contributed by atoms with Crippen molar-refractivity contribution >= 4 is 6.21 Å². The van der Waals surface area contributed by atoms with E-state index in [1.807, 2.05) is 6.21 Å². The first-order valence-corrected chi connectivity index (χ1v) is 2.92. The zero-order valence-electron chi connectivity index (χ0n) is 5.60. The average molecular weight is 109 g/mol. The molecule has 8 heavy (non-hydrogen) atoms. The maximum absolute atomic E-state index is 4.20. The highest BCUT2D eigenvalue weighted by atomic mass is 14.8. The average Bonchev–Trinajstić information content (AvgIpc) is 1.98. The van der Waals surface area contributed by atoms with Crippen LogP contribution in [0.5, 0.6) is 0 Å². The summed E-state index contributed by atoms with van der Waals surface area (Å²) in [6, 6.07) is 0.440. The second-order valence-electron chi connectivity index (χ2n) is 2.32. The SMILES string of the molecule is CC1=C(C)C(C)N=C1. The molecule has 1 unspecified atom stereocenters. The highest BCUT2D eigenvalue weighted by molar-refractivity contribution is 5.82. The molecule has 1 rings (SSSR count). The predicted octanol–water partition coefficient (Wildman–Crippen LogP) is 1.80. The molecule has 0 bridgehead atoms. The van der Waals surface area contributed by atoms with Crippen molar-refractivity contribution < 1.29 is 0 Å². The molecule has 0 amide bonds. The largest absolute Gasteiger partial charge is 0.285 e. The topological polar surface area (TPSA) is 12.4 Å². The lowest BCUT2D eigenvalue weighted by atomic mass is 10.1. The number of allylic oxidation sites excluding steroid dienone is 1. The van der Waals surface area contributed by atoms with E-state index in [1.165, 1.54) is 11.1 Å². The molecule has 1 aliphatic rings. The summed E-state index contributed by atoms with van der Waals surface area (Å²) >= 11 is 0. The Bertz CT molecular complexity index is 154. The fourth-order valence-corrected chi connectivity index (χ4v) is 0.767. The molecule has 0 aromatic heterocycles. The first-order valence-electron chi connectivity index (χ1n) is 2.92. The van der Waals surface area contributed by atoms with Crippen LogP contribution in [0.3, 0.4) is 0 Å². The van der Waals surface area contributed by atoms with Gasteiger partial charge >= 0.3 is 0 Å². The van der Waals surface area contributed by atoms with Crippen molar-refractivity contribution in [1.82, 2.24) is 0 Å². The summed E-state index contributed by atoms with van der Waals surface area (Å²) in [5.74, 6) is 0. The molecule has 1 nitrogen and oxygen atoms in total. The second kappa shape index (κ2) is 1.73. The summed E-state index contributed by atoms with van der Waals surface area (Å²) in [5, 5.41) is 0. The summed E-state index contributed by atoms with van der Waals surface area (Å²) in [6.45, 7) is 6.34. The van der Waals surface area contributed by atoms with Crippen molar-refractivity contribution in [3.8, 4) is 0 Å². The Balaban J connectivity index is 2.85. The van der Waals surface area contributed by atoms with Crippen LogP contribution in [-0.2, 0) is 0 Å². The molecule has 44 valence electrons. The van der Waals surface area contributed by atoms with Crippen LogP contribution in [0.25, 0.3) is 0 Å². The number of rotatable bonds is 0. The van der Waals surface area contributed by atoms with Crippen LogP contribution in [-0.4, -0.2) is 12.3 Å². The van der Waals surface area contributed by atoms with Gasteiger partial charge in [-0.05, 0) is 31.9 Å². The summed E-state index contributed by atoms with van der Waals surface area (Å²) in [6.07, 6.45) is 1.94. The zero-order chi connectivity index (χ0) is 6.15. The second-order valence-corrected chi connectivity index (χ2v) is 2.32. The van der Waals surface area contributed by atoms with Crippen LogP contribution in [0.1, 0.15) is 20.8 Å². The number of hydrogen-bond donors (Lipinski definition) is 0. The van der Waals surface area contributed by atoms with Crippen molar-refractivity contribution in [1.29, 1.82) is 0 Å². The van der Waals surface area contributed by atoms with E-state index >= 15 is 0 Å². The Hall–Kier alpha value is -0.590. The fraction of sp³-hybridized carbons (Fsp3) is 0.571. The molecule has 0 aliphatic carbocycles. The van der Waals surface area contributed by atoms with Crippen molar-refractivity contribution in [3.63, 3.8) is 0 Å². The molecular formula is C7H11N. The van der Waals surface area contributed by atoms with Crippen molar-refractivity contribution in [3.05, 3.63) is 11.1 Å². The molecule has 0 spiro atoms. The smallest absolute Gasteiger partial charge is 0.0684 e. The van der Waals surface area contributed by atoms with Gasteiger partial charge in [0.25, 0.3) is 0 Å². The molecule has 1 heterocycles. The van der Waals surface area contributed by atoms with E-state index in [-0.39, 0.29) is 0 Å². The molecule has 1 aliphatic heterocycles. The van der Waals surface area contributed by atoms with Crippen molar-refractivity contribution in [2.45, 2.75) is 26.8 Å². The molecule has 1 heteroatoms. The Morgan fingerprint density at radius 2 is 2.12 bits per heavy atom. The van der Waals surface area contributed by atoms with Gasteiger partial charge in [0.2, 0.25) is 0 Å². The van der Waals surface area contributed by atoms with Gasteiger partial charge in [-0.2, -0.15) is 0 Å². The van der Waals surface area contributed by atoms with Gasteiger partial charge in [0.1, 0.15) is 0 Å².